The van der Waals surface area contributed by atoms with E-state index in [1.807, 2.05) is 0 Å². The van der Waals surface area contributed by atoms with Crippen LogP contribution < -0.4 is 5.32 Å². The molecule has 9 heteroatoms. The Morgan fingerprint density at radius 2 is 0.674 bits per heavy atom. The molecule has 6 N–H and O–H groups in total. The van der Waals surface area contributed by atoms with Crippen molar-refractivity contribution in [2.24, 2.45) is 0 Å². The summed E-state index contributed by atoms with van der Waals surface area (Å²) >= 11 is 0. The van der Waals surface area contributed by atoms with Gasteiger partial charge in [0.25, 0.3) is 0 Å². The highest BCUT2D eigenvalue weighted by atomic mass is 16.7. The predicted octanol–water partition coefficient (Wildman–Crippen LogP) is 21.9. The van der Waals surface area contributed by atoms with E-state index in [0.29, 0.717) is 12.8 Å². The summed E-state index contributed by atoms with van der Waals surface area (Å²) in [6.07, 6.45) is 99.6. The third-order valence-corrected chi connectivity index (χ3v) is 17.5. The molecule has 1 rings (SSSR count). The van der Waals surface area contributed by atoms with Crippen LogP contribution in [0.4, 0.5) is 0 Å². The number of carbonyl (C=O) groups excluding carboxylic acids is 1. The van der Waals surface area contributed by atoms with E-state index in [2.05, 4.69) is 153 Å². The number of aliphatic hydroxyl groups excluding tert-OH is 5. The van der Waals surface area contributed by atoms with Crippen LogP contribution in [0.3, 0.4) is 0 Å². The molecule has 1 aliphatic heterocycles. The van der Waals surface area contributed by atoms with E-state index >= 15 is 0 Å². The van der Waals surface area contributed by atoms with Crippen LogP contribution in [0, 0.1) is 0 Å². The van der Waals surface area contributed by atoms with Crippen LogP contribution in [0.1, 0.15) is 328 Å². The Morgan fingerprint density at radius 3 is 0.989 bits per heavy atom. The highest BCUT2D eigenvalue weighted by Crippen LogP contribution is 2.24. The Kier molecular flexibility index (Phi) is 65.8. The highest BCUT2D eigenvalue weighted by molar-refractivity contribution is 5.76. The van der Waals surface area contributed by atoms with Crippen LogP contribution >= 0.6 is 0 Å². The maximum Gasteiger partial charge on any atom is 0.220 e. The Bertz CT molecular complexity index is 1920. The zero-order chi connectivity index (χ0) is 66.4. The van der Waals surface area contributed by atoms with Crippen molar-refractivity contribution < 1.29 is 39.8 Å². The van der Waals surface area contributed by atoms with Crippen LogP contribution in [-0.2, 0) is 14.3 Å². The van der Waals surface area contributed by atoms with Crippen molar-refractivity contribution in [3.8, 4) is 0 Å². The number of amides is 1. The van der Waals surface area contributed by atoms with Gasteiger partial charge in [-0.1, -0.05) is 359 Å². The fraction of sp³-hybridized carbons (Fsp3) is 0.723. The lowest BCUT2D eigenvalue weighted by atomic mass is 9.99. The molecule has 1 fully saturated rings. The minimum absolute atomic E-state index is 0.159. The maximum absolute atomic E-state index is 13.2. The van der Waals surface area contributed by atoms with E-state index in [1.165, 1.54) is 186 Å². The van der Waals surface area contributed by atoms with Crippen LogP contribution in [0.2, 0.25) is 0 Å². The van der Waals surface area contributed by atoms with Crippen LogP contribution in [0.5, 0.6) is 0 Å². The van der Waals surface area contributed by atoms with Gasteiger partial charge < -0.3 is 40.3 Å². The number of carbonyl (C=O) groups is 1. The molecule has 9 nitrogen and oxygen atoms in total. The predicted molar refractivity (Wildman–Crippen MR) is 396 cm³/mol. The largest absolute Gasteiger partial charge is 0.394 e. The zero-order valence-corrected chi connectivity index (χ0v) is 59.3. The maximum atomic E-state index is 13.2. The van der Waals surface area contributed by atoms with Crippen LogP contribution in [0.15, 0.2) is 134 Å². The average molecular weight is 1280 g/mol. The van der Waals surface area contributed by atoms with Gasteiger partial charge in [-0.2, -0.15) is 0 Å². The van der Waals surface area contributed by atoms with Crippen molar-refractivity contribution in [3.63, 3.8) is 0 Å². The fourth-order valence-corrected chi connectivity index (χ4v) is 11.6. The molecule has 1 saturated heterocycles. The number of rotatable bonds is 66. The summed E-state index contributed by atoms with van der Waals surface area (Å²) in [6.45, 7) is 3.73. The zero-order valence-electron chi connectivity index (χ0n) is 59.3. The molecule has 0 aromatic rings. The van der Waals surface area contributed by atoms with E-state index in [4.69, 9.17) is 9.47 Å². The standard InChI is InChI=1S/C83H143NO8/c1-3-5-7-9-11-13-15-17-19-21-23-25-27-29-31-33-35-37-38-39-40-41-43-45-47-49-51-53-55-57-59-61-63-65-67-69-71-73-79(87)84-76(75-91-83-82(90)81(89)80(88)78(74-85)92-83)77(86)72-70-68-66-64-62-60-58-56-54-52-50-48-46-44-42-36-34-32-30-28-26-24-22-20-18-16-14-12-10-8-6-4-2/h5,7,11,13,17,19,23,25,29,31,35,37,39-40,43,45,49,51,55,57,61,63,76-78,80-83,85-86,88-90H,3-4,6,8-10,12,14-16,18,20-22,24,26-28,30,32-34,36,38,41-42,44,46-48,50,52-54,56,58-60,62,64-75H2,1-2H3,(H,84,87)/b7-5-,13-11-,19-17-,25-23-,31-29-,37-35-,40-39-,45-43-,51-49-,57-55-,63-61-. The van der Waals surface area contributed by atoms with Crippen molar-refractivity contribution >= 4 is 5.91 Å². The molecule has 0 saturated carbocycles. The highest BCUT2D eigenvalue weighted by Gasteiger charge is 2.44. The number of allylic oxidation sites excluding steroid dienone is 22. The monoisotopic (exact) mass is 1280 g/mol. The first kappa shape index (κ1) is 86.3. The van der Waals surface area contributed by atoms with Gasteiger partial charge in [0.1, 0.15) is 24.4 Å². The first-order valence-electron chi connectivity index (χ1n) is 38.4. The molecule has 1 heterocycles. The Morgan fingerprint density at radius 1 is 0.380 bits per heavy atom. The second-order valence-corrected chi connectivity index (χ2v) is 26.1. The van der Waals surface area contributed by atoms with Crippen LogP contribution in [-0.4, -0.2) is 87.5 Å². The van der Waals surface area contributed by atoms with Gasteiger partial charge in [0.15, 0.2) is 6.29 Å². The summed E-state index contributed by atoms with van der Waals surface area (Å²) in [5, 5.41) is 55.0. The summed E-state index contributed by atoms with van der Waals surface area (Å²) in [5.41, 5.74) is 0. The summed E-state index contributed by atoms with van der Waals surface area (Å²) in [6, 6.07) is -0.750. The first-order valence-corrected chi connectivity index (χ1v) is 38.4. The number of unbranched alkanes of at least 4 members (excludes halogenated alkanes) is 34. The molecule has 1 amide bonds. The average Bonchev–Trinajstić information content (AvgIpc) is 1.00. The molecule has 1 aliphatic rings. The fourth-order valence-electron chi connectivity index (χ4n) is 11.6. The second kappa shape index (κ2) is 70.1. The molecule has 0 bridgehead atoms. The molecule has 0 aliphatic carbocycles. The molecular weight excluding hydrogens is 1140 g/mol. The third kappa shape index (κ3) is 57.7. The number of hydrogen-bond donors (Lipinski definition) is 6. The molecule has 7 atom stereocenters. The quantitative estimate of drug-likeness (QED) is 0.0261. The van der Waals surface area contributed by atoms with E-state index in [-0.39, 0.29) is 12.5 Å². The van der Waals surface area contributed by atoms with E-state index < -0.39 is 49.5 Å². The normalized spacial score (nSPS) is 18.4. The molecule has 7 unspecified atom stereocenters. The molecule has 528 valence electrons. The summed E-state index contributed by atoms with van der Waals surface area (Å²) in [5.74, 6) is -0.177. The Labute approximate surface area is 566 Å². The van der Waals surface area contributed by atoms with Gasteiger partial charge in [-0.25, -0.2) is 0 Å². The topological polar surface area (TPSA) is 149 Å². The number of hydrogen-bond acceptors (Lipinski definition) is 8. The summed E-state index contributed by atoms with van der Waals surface area (Å²) in [7, 11) is 0. The van der Waals surface area contributed by atoms with Crippen molar-refractivity contribution in [2.45, 2.75) is 371 Å². The second-order valence-electron chi connectivity index (χ2n) is 26.1. The SMILES string of the molecule is CC/C=C\C/C=C\C/C=C\C/C=C\C/C=C\C/C=C\C/C=C\C/C=C\C/C=C\C/C=C\C/C=C\CCCCCC(=O)NC(COC1OC(CO)C(O)C(O)C1O)C(O)CCCCCCCCCCCCCCCCCCCCCCCCCCCCCCCCCC. The first-order chi connectivity index (χ1) is 45.3. The van der Waals surface area contributed by atoms with Gasteiger partial charge >= 0.3 is 0 Å². The third-order valence-electron chi connectivity index (χ3n) is 17.5. The molecule has 0 aromatic heterocycles. The van der Waals surface area contributed by atoms with Crippen molar-refractivity contribution in [1.82, 2.24) is 5.32 Å². The lowest BCUT2D eigenvalue weighted by Crippen LogP contribution is -2.60. The summed E-state index contributed by atoms with van der Waals surface area (Å²) in [4.78, 5) is 13.2. The smallest absolute Gasteiger partial charge is 0.220 e. The molecule has 0 aromatic carbocycles. The molecular formula is C83H143NO8. The number of aliphatic hydroxyl groups is 5. The molecule has 0 spiro atoms. The minimum atomic E-state index is -1.57. The number of nitrogens with one attached hydrogen (secondary N) is 1. The van der Waals surface area contributed by atoms with Crippen molar-refractivity contribution in [3.05, 3.63) is 134 Å². The van der Waals surface area contributed by atoms with Gasteiger partial charge in [0.2, 0.25) is 5.91 Å². The Hall–Kier alpha value is -3.67. The lowest BCUT2D eigenvalue weighted by molar-refractivity contribution is -0.302. The van der Waals surface area contributed by atoms with Gasteiger partial charge in [-0.3, -0.25) is 4.79 Å². The molecule has 92 heavy (non-hydrogen) atoms. The summed E-state index contributed by atoms with van der Waals surface area (Å²) < 4.78 is 11.4. The van der Waals surface area contributed by atoms with Gasteiger partial charge in [0, 0.05) is 6.42 Å². The minimum Gasteiger partial charge on any atom is -0.394 e. The van der Waals surface area contributed by atoms with E-state index in [1.54, 1.807) is 0 Å². The van der Waals surface area contributed by atoms with Crippen molar-refractivity contribution in [2.75, 3.05) is 13.2 Å². The van der Waals surface area contributed by atoms with Crippen LogP contribution in [0.25, 0.3) is 0 Å². The molecule has 0 radical (unpaired) electrons. The Balaban J connectivity index is 2.15. The van der Waals surface area contributed by atoms with Gasteiger partial charge in [0.05, 0.1) is 25.4 Å². The number of ether oxygens (including phenoxy) is 2. The van der Waals surface area contributed by atoms with E-state index in [9.17, 15) is 30.3 Å². The van der Waals surface area contributed by atoms with E-state index in [0.717, 1.165) is 116 Å². The lowest BCUT2D eigenvalue weighted by Gasteiger charge is -2.40. The van der Waals surface area contributed by atoms with Gasteiger partial charge in [-0.15, -0.1) is 0 Å². The van der Waals surface area contributed by atoms with Crippen molar-refractivity contribution in [1.29, 1.82) is 0 Å². The van der Waals surface area contributed by atoms with Gasteiger partial charge in [-0.05, 0) is 96.3 Å².